The lowest BCUT2D eigenvalue weighted by Crippen LogP contribution is -2.24. The van der Waals surface area contributed by atoms with Crippen molar-refractivity contribution in [2.75, 3.05) is 13.2 Å². The van der Waals surface area contributed by atoms with Gasteiger partial charge in [-0.1, -0.05) is 13.0 Å². The molecule has 0 saturated carbocycles. The van der Waals surface area contributed by atoms with Gasteiger partial charge < -0.3 is 10.2 Å². The Hall–Kier alpha value is -0.340. The molecular weight excluding hydrogens is 152 g/mol. The van der Waals surface area contributed by atoms with Crippen LogP contribution in [0.5, 0.6) is 0 Å². The maximum absolute atomic E-state index is 9.20. The van der Waals surface area contributed by atoms with Crippen LogP contribution in [0.15, 0.2) is 12.7 Å². The Morgan fingerprint density at radius 2 is 2.08 bits per heavy atom. The Bertz CT molecular complexity index is 117. The fourth-order valence-corrected chi connectivity index (χ4v) is 1.44. The molecular formula is C10H20O2. The smallest absolute Gasteiger partial charge is 0.0490 e. The van der Waals surface area contributed by atoms with Crippen LogP contribution in [0.3, 0.4) is 0 Å². The molecule has 0 saturated heterocycles. The van der Waals surface area contributed by atoms with Gasteiger partial charge in [-0.05, 0) is 31.1 Å². The summed E-state index contributed by atoms with van der Waals surface area (Å²) >= 11 is 0. The quantitative estimate of drug-likeness (QED) is 0.574. The van der Waals surface area contributed by atoms with Crippen LogP contribution in [-0.4, -0.2) is 23.4 Å². The van der Waals surface area contributed by atoms with Crippen molar-refractivity contribution in [1.29, 1.82) is 0 Å². The molecule has 72 valence electrons. The van der Waals surface area contributed by atoms with Crippen LogP contribution in [0.2, 0.25) is 0 Å². The van der Waals surface area contributed by atoms with Gasteiger partial charge in [0, 0.05) is 13.2 Å². The number of hydrogen-bond donors (Lipinski definition) is 2. The molecule has 1 atom stereocenters. The Labute approximate surface area is 74.9 Å². The van der Waals surface area contributed by atoms with E-state index in [1.165, 1.54) is 0 Å². The highest BCUT2D eigenvalue weighted by atomic mass is 16.3. The molecule has 0 aliphatic heterocycles. The van der Waals surface area contributed by atoms with Gasteiger partial charge >= 0.3 is 0 Å². The second-order valence-corrected chi connectivity index (χ2v) is 3.33. The van der Waals surface area contributed by atoms with Crippen molar-refractivity contribution >= 4 is 0 Å². The first-order chi connectivity index (χ1) is 5.74. The lowest BCUT2D eigenvalue weighted by molar-refractivity contribution is 0.102. The topological polar surface area (TPSA) is 40.5 Å². The third-order valence-corrected chi connectivity index (χ3v) is 2.53. The molecule has 2 N–H and O–H groups in total. The molecule has 0 aliphatic carbocycles. The summed E-state index contributed by atoms with van der Waals surface area (Å²) in [7, 11) is 0. The van der Waals surface area contributed by atoms with Crippen molar-refractivity contribution in [3.63, 3.8) is 0 Å². The first kappa shape index (κ1) is 11.7. The Kier molecular flexibility index (Phi) is 6.03. The Morgan fingerprint density at radius 1 is 1.42 bits per heavy atom. The molecule has 0 amide bonds. The highest BCUT2D eigenvalue weighted by molar-refractivity contribution is 4.85. The van der Waals surface area contributed by atoms with E-state index in [9.17, 15) is 5.11 Å². The fraction of sp³-hybridized carbons (Fsp3) is 0.800. The van der Waals surface area contributed by atoms with Gasteiger partial charge in [-0.2, -0.15) is 0 Å². The monoisotopic (exact) mass is 172 g/mol. The molecule has 0 spiro atoms. The third kappa shape index (κ3) is 3.37. The number of hydrogen-bond acceptors (Lipinski definition) is 2. The van der Waals surface area contributed by atoms with Gasteiger partial charge in [0.25, 0.3) is 0 Å². The second-order valence-electron chi connectivity index (χ2n) is 3.33. The molecule has 0 aliphatic rings. The lowest BCUT2D eigenvalue weighted by Gasteiger charge is -2.29. The molecule has 2 heteroatoms. The highest BCUT2D eigenvalue weighted by Crippen LogP contribution is 2.31. The van der Waals surface area contributed by atoms with Crippen LogP contribution in [0.25, 0.3) is 0 Å². The van der Waals surface area contributed by atoms with E-state index in [0.29, 0.717) is 0 Å². The molecule has 1 unspecified atom stereocenters. The van der Waals surface area contributed by atoms with Gasteiger partial charge in [0.05, 0.1) is 0 Å². The van der Waals surface area contributed by atoms with Crippen LogP contribution in [0.4, 0.5) is 0 Å². The number of allylic oxidation sites excluding steroid dienone is 1. The van der Waals surface area contributed by atoms with Crippen molar-refractivity contribution in [3.05, 3.63) is 12.7 Å². The average Bonchev–Trinajstić information content (AvgIpc) is 2.13. The SMILES string of the molecule is C=CCC(CC)(CO)CCCO. The number of aliphatic hydroxyl groups excluding tert-OH is 2. The van der Waals surface area contributed by atoms with E-state index in [1.807, 2.05) is 6.08 Å². The summed E-state index contributed by atoms with van der Waals surface area (Å²) in [5.74, 6) is 0. The second kappa shape index (κ2) is 6.21. The standard InChI is InChI=1S/C10H20O2/c1-3-6-10(4-2,9-12)7-5-8-11/h3,11-12H,1,4-9H2,2H3. The Balaban J connectivity index is 4.03. The molecule has 0 aromatic rings. The van der Waals surface area contributed by atoms with Crippen molar-refractivity contribution < 1.29 is 10.2 Å². The van der Waals surface area contributed by atoms with Gasteiger partial charge in [-0.3, -0.25) is 0 Å². The largest absolute Gasteiger partial charge is 0.396 e. The summed E-state index contributed by atoms with van der Waals surface area (Å²) < 4.78 is 0. The number of aliphatic hydroxyl groups is 2. The summed E-state index contributed by atoms with van der Waals surface area (Å²) in [4.78, 5) is 0. The van der Waals surface area contributed by atoms with Crippen molar-refractivity contribution in [2.24, 2.45) is 5.41 Å². The van der Waals surface area contributed by atoms with Crippen LogP contribution in [0.1, 0.15) is 32.6 Å². The minimum Gasteiger partial charge on any atom is -0.396 e. The van der Waals surface area contributed by atoms with E-state index < -0.39 is 0 Å². The van der Waals surface area contributed by atoms with Crippen LogP contribution in [-0.2, 0) is 0 Å². The predicted molar refractivity (Wildman–Crippen MR) is 50.9 cm³/mol. The molecule has 0 radical (unpaired) electrons. The molecule has 2 nitrogen and oxygen atoms in total. The minimum absolute atomic E-state index is 0.0372. The molecule has 0 aromatic heterocycles. The molecule has 0 heterocycles. The van der Waals surface area contributed by atoms with Crippen molar-refractivity contribution in [3.8, 4) is 0 Å². The van der Waals surface area contributed by atoms with Crippen LogP contribution in [0, 0.1) is 5.41 Å². The summed E-state index contributed by atoms with van der Waals surface area (Å²) in [5, 5.41) is 17.9. The van der Waals surface area contributed by atoms with E-state index >= 15 is 0 Å². The summed E-state index contributed by atoms with van der Waals surface area (Å²) in [6.45, 7) is 6.14. The van der Waals surface area contributed by atoms with E-state index in [-0.39, 0.29) is 18.6 Å². The highest BCUT2D eigenvalue weighted by Gasteiger charge is 2.24. The Morgan fingerprint density at radius 3 is 2.42 bits per heavy atom. The third-order valence-electron chi connectivity index (χ3n) is 2.53. The molecule has 0 bridgehead atoms. The molecule has 0 fully saturated rings. The van der Waals surface area contributed by atoms with E-state index in [2.05, 4.69) is 13.5 Å². The number of rotatable bonds is 7. The first-order valence-corrected chi connectivity index (χ1v) is 4.57. The average molecular weight is 172 g/mol. The maximum atomic E-state index is 9.20. The minimum atomic E-state index is -0.0372. The fourth-order valence-electron chi connectivity index (χ4n) is 1.44. The van der Waals surface area contributed by atoms with Gasteiger partial charge in [0.15, 0.2) is 0 Å². The van der Waals surface area contributed by atoms with Gasteiger partial charge in [0.2, 0.25) is 0 Å². The summed E-state index contributed by atoms with van der Waals surface area (Å²) in [6.07, 6.45) is 5.26. The predicted octanol–water partition coefficient (Wildman–Crippen LogP) is 1.72. The van der Waals surface area contributed by atoms with Crippen molar-refractivity contribution in [1.82, 2.24) is 0 Å². The normalized spacial score (nSPS) is 15.6. The van der Waals surface area contributed by atoms with Crippen molar-refractivity contribution in [2.45, 2.75) is 32.6 Å². The van der Waals surface area contributed by atoms with Crippen LogP contribution < -0.4 is 0 Å². The van der Waals surface area contributed by atoms with E-state index in [4.69, 9.17) is 5.11 Å². The lowest BCUT2D eigenvalue weighted by atomic mass is 9.78. The maximum Gasteiger partial charge on any atom is 0.0490 e. The van der Waals surface area contributed by atoms with Gasteiger partial charge in [0.1, 0.15) is 0 Å². The first-order valence-electron chi connectivity index (χ1n) is 4.57. The molecule has 12 heavy (non-hydrogen) atoms. The summed E-state index contributed by atoms with van der Waals surface area (Å²) in [5.41, 5.74) is -0.0372. The van der Waals surface area contributed by atoms with E-state index in [0.717, 1.165) is 25.7 Å². The molecule has 0 aromatic carbocycles. The zero-order valence-corrected chi connectivity index (χ0v) is 7.92. The summed E-state index contributed by atoms with van der Waals surface area (Å²) in [6, 6.07) is 0. The zero-order chi connectivity index (χ0) is 9.45. The van der Waals surface area contributed by atoms with Gasteiger partial charge in [-0.25, -0.2) is 0 Å². The van der Waals surface area contributed by atoms with Crippen LogP contribution >= 0.6 is 0 Å². The molecule has 0 rings (SSSR count). The van der Waals surface area contributed by atoms with E-state index in [1.54, 1.807) is 0 Å². The zero-order valence-electron chi connectivity index (χ0n) is 7.92. The van der Waals surface area contributed by atoms with Gasteiger partial charge in [-0.15, -0.1) is 6.58 Å².